The van der Waals surface area contributed by atoms with Gasteiger partial charge >= 0.3 is 0 Å². The molecule has 0 fully saturated rings. The zero-order valence-electron chi connectivity index (χ0n) is 9.59. The van der Waals surface area contributed by atoms with Crippen LogP contribution in [0, 0.1) is 0 Å². The molecule has 1 heterocycles. The van der Waals surface area contributed by atoms with Gasteiger partial charge in [0.15, 0.2) is 0 Å². The predicted octanol–water partition coefficient (Wildman–Crippen LogP) is 3.05. The third-order valence-electron chi connectivity index (χ3n) is 2.05. The average molecular weight is 213 g/mol. The number of aromatic nitrogens is 2. The molecule has 1 unspecified atom stereocenters. The molecule has 0 aromatic carbocycles. The monoisotopic (exact) mass is 213 g/mol. The molecule has 1 aromatic rings. The fourth-order valence-corrected chi connectivity index (χ4v) is 1.81. The van der Waals surface area contributed by atoms with Crippen molar-refractivity contribution in [3.8, 4) is 0 Å². The molecule has 1 atom stereocenters. The van der Waals surface area contributed by atoms with Crippen LogP contribution in [0.5, 0.6) is 0 Å². The predicted molar refractivity (Wildman–Crippen MR) is 62.0 cm³/mol. The highest BCUT2D eigenvalue weighted by molar-refractivity contribution is 7.15. The quantitative estimate of drug-likeness (QED) is 0.838. The van der Waals surface area contributed by atoms with Crippen molar-refractivity contribution in [3.05, 3.63) is 5.01 Å². The molecule has 0 radical (unpaired) electrons. The van der Waals surface area contributed by atoms with Crippen LogP contribution in [0.3, 0.4) is 0 Å². The first-order chi connectivity index (χ1) is 6.43. The molecule has 4 heteroatoms. The van der Waals surface area contributed by atoms with Gasteiger partial charge in [-0.15, -0.1) is 10.2 Å². The Balaban J connectivity index is 2.69. The first-order valence-electron chi connectivity index (χ1n) is 5.04. The van der Waals surface area contributed by atoms with Gasteiger partial charge in [0, 0.05) is 11.5 Å². The number of nitrogens with one attached hydrogen (secondary N) is 1. The molecule has 0 aliphatic heterocycles. The fourth-order valence-electron chi connectivity index (χ4n) is 0.897. The molecular formula is C10H19N3S. The Bertz CT molecular complexity index is 288. The minimum absolute atomic E-state index is 0.104. The van der Waals surface area contributed by atoms with Crippen molar-refractivity contribution in [2.75, 3.05) is 5.32 Å². The topological polar surface area (TPSA) is 37.8 Å². The number of hydrogen-bond acceptors (Lipinski definition) is 4. The molecule has 0 amide bonds. The van der Waals surface area contributed by atoms with Gasteiger partial charge in [-0.3, -0.25) is 0 Å². The SMILES string of the molecule is CCC(C)Nc1nnc(C(C)(C)C)s1. The van der Waals surface area contributed by atoms with Gasteiger partial charge in [0.2, 0.25) is 5.13 Å². The molecule has 1 rings (SSSR count). The minimum Gasteiger partial charge on any atom is -0.358 e. The van der Waals surface area contributed by atoms with Gasteiger partial charge in [0.05, 0.1) is 0 Å². The van der Waals surface area contributed by atoms with Gasteiger partial charge in [-0.1, -0.05) is 39.0 Å². The van der Waals surface area contributed by atoms with Crippen molar-refractivity contribution >= 4 is 16.5 Å². The third-order valence-corrected chi connectivity index (χ3v) is 3.33. The van der Waals surface area contributed by atoms with E-state index in [2.05, 4.69) is 50.1 Å². The Hall–Kier alpha value is -0.640. The van der Waals surface area contributed by atoms with Crippen molar-refractivity contribution in [3.63, 3.8) is 0 Å². The van der Waals surface area contributed by atoms with Crippen LogP contribution in [-0.2, 0) is 5.41 Å². The van der Waals surface area contributed by atoms with Crippen LogP contribution in [0.2, 0.25) is 0 Å². The Morgan fingerprint density at radius 2 is 2.00 bits per heavy atom. The highest BCUT2D eigenvalue weighted by Gasteiger charge is 2.19. The van der Waals surface area contributed by atoms with Crippen LogP contribution >= 0.6 is 11.3 Å². The van der Waals surface area contributed by atoms with Gasteiger partial charge in [-0.05, 0) is 13.3 Å². The average Bonchev–Trinajstić information content (AvgIpc) is 2.51. The molecule has 0 saturated heterocycles. The molecule has 0 aliphatic rings. The summed E-state index contributed by atoms with van der Waals surface area (Å²) < 4.78 is 0. The summed E-state index contributed by atoms with van der Waals surface area (Å²) in [4.78, 5) is 0. The Kier molecular flexibility index (Phi) is 3.48. The van der Waals surface area contributed by atoms with Crippen LogP contribution in [0.4, 0.5) is 5.13 Å². The van der Waals surface area contributed by atoms with Crippen LogP contribution in [0.1, 0.15) is 46.0 Å². The van der Waals surface area contributed by atoms with Gasteiger partial charge in [-0.25, -0.2) is 0 Å². The van der Waals surface area contributed by atoms with E-state index in [1.165, 1.54) is 0 Å². The number of anilines is 1. The van der Waals surface area contributed by atoms with E-state index in [1.54, 1.807) is 11.3 Å². The van der Waals surface area contributed by atoms with E-state index in [1.807, 2.05) is 0 Å². The first kappa shape index (κ1) is 11.4. The van der Waals surface area contributed by atoms with Gasteiger partial charge in [0.1, 0.15) is 5.01 Å². The summed E-state index contributed by atoms with van der Waals surface area (Å²) in [7, 11) is 0. The van der Waals surface area contributed by atoms with E-state index >= 15 is 0 Å². The summed E-state index contributed by atoms with van der Waals surface area (Å²) in [5, 5.41) is 13.7. The maximum absolute atomic E-state index is 4.18. The molecule has 80 valence electrons. The standard InChI is InChI=1S/C10H19N3S/c1-6-7(2)11-9-13-12-8(14-9)10(3,4)5/h7H,6H2,1-5H3,(H,11,13). The maximum atomic E-state index is 4.18. The normalized spacial score (nSPS) is 14.1. The number of hydrogen-bond donors (Lipinski definition) is 1. The molecule has 0 spiro atoms. The van der Waals surface area contributed by atoms with Crippen LogP contribution in [0.15, 0.2) is 0 Å². The summed E-state index contributed by atoms with van der Waals surface area (Å²) in [6.07, 6.45) is 1.10. The minimum atomic E-state index is 0.104. The van der Waals surface area contributed by atoms with E-state index in [-0.39, 0.29) is 5.41 Å². The molecule has 0 aliphatic carbocycles. The van der Waals surface area contributed by atoms with E-state index < -0.39 is 0 Å². The zero-order valence-corrected chi connectivity index (χ0v) is 10.4. The lowest BCUT2D eigenvalue weighted by Crippen LogP contribution is -2.12. The second-order valence-corrected chi connectivity index (χ2v) is 5.59. The second-order valence-electron chi connectivity index (χ2n) is 4.62. The largest absolute Gasteiger partial charge is 0.358 e. The highest BCUT2D eigenvalue weighted by Crippen LogP contribution is 2.27. The molecule has 0 bridgehead atoms. The third kappa shape index (κ3) is 2.94. The van der Waals surface area contributed by atoms with Gasteiger partial charge in [0.25, 0.3) is 0 Å². The summed E-state index contributed by atoms with van der Waals surface area (Å²) in [5.41, 5.74) is 0.104. The lowest BCUT2D eigenvalue weighted by molar-refractivity contribution is 0.578. The van der Waals surface area contributed by atoms with Crippen molar-refractivity contribution < 1.29 is 0 Å². The van der Waals surface area contributed by atoms with Gasteiger partial charge in [-0.2, -0.15) is 0 Å². The van der Waals surface area contributed by atoms with E-state index in [0.29, 0.717) is 6.04 Å². The van der Waals surface area contributed by atoms with Crippen LogP contribution < -0.4 is 5.32 Å². The highest BCUT2D eigenvalue weighted by atomic mass is 32.1. The van der Waals surface area contributed by atoms with Crippen molar-refractivity contribution in [1.82, 2.24) is 10.2 Å². The molecule has 1 N–H and O–H groups in total. The second kappa shape index (κ2) is 4.26. The van der Waals surface area contributed by atoms with Crippen molar-refractivity contribution in [2.45, 2.75) is 52.5 Å². The van der Waals surface area contributed by atoms with Crippen LogP contribution in [-0.4, -0.2) is 16.2 Å². The molecule has 14 heavy (non-hydrogen) atoms. The number of nitrogens with zero attached hydrogens (tertiary/aromatic N) is 2. The molecule has 0 saturated carbocycles. The number of rotatable bonds is 3. The van der Waals surface area contributed by atoms with Crippen molar-refractivity contribution in [2.24, 2.45) is 0 Å². The Morgan fingerprint density at radius 1 is 1.36 bits per heavy atom. The molecule has 1 aromatic heterocycles. The van der Waals surface area contributed by atoms with E-state index in [9.17, 15) is 0 Å². The lowest BCUT2D eigenvalue weighted by atomic mass is 9.98. The summed E-state index contributed by atoms with van der Waals surface area (Å²) in [6, 6.07) is 0.468. The lowest BCUT2D eigenvalue weighted by Gasteiger charge is -2.12. The molecule has 3 nitrogen and oxygen atoms in total. The smallest absolute Gasteiger partial charge is 0.205 e. The Morgan fingerprint density at radius 3 is 2.43 bits per heavy atom. The van der Waals surface area contributed by atoms with Crippen LogP contribution in [0.25, 0.3) is 0 Å². The van der Waals surface area contributed by atoms with Crippen molar-refractivity contribution in [1.29, 1.82) is 0 Å². The molecular weight excluding hydrogens is 194 g/mol. The maximum Gasteiger partial charge on any atom is 0.205 e. The van der Waals surface area contributed by atoms with Gasteiger partial charge < -0.3 is 5.32 Å². The summed E-state index contributed by atoms with van der Waals surface area (Å²) in [5.74, 6) is 0. The summed E-state index contributed by atoms with van der Waals surface area (Å²) in [6.45, 7) is 10.8. The fraction of sp³-hybridized carbons (Fsp3) is 0.800. The van der Waals surface area contributed by atoms with E-state index in [4.69, 9.17) is 0 Å². The zero-order chi connectivity index (χ0) is 10.8. The summed E-state index contributed by atoms with van der Waals surface area (Å²) >= 11 is 1.65. The first-order valence-corrected chi connectivity index (χ1v) is 5.85. The Labute approximate surface area is 89.9 Å². The van der Waals surface area contributed by atoms with E-state index in [0.717, 1.165) is 16.6 Å².